The van der Waals surface area contributed by atoms with Crippen LogP contribution in [0.2, 0.25) is 0 Å². The molecule has 0 aromatic heterocycles. The molecule has 6 rings (SSSR count). The highest BCUT2D eigenvalue weighted by atomic mass is 14.6. The molecule has 0 heteroatoms. The lowest BCUT2D eigenvalue weighted by Crippen LogP contribution is -2.53. The minimum atomic E-state index is 1.14. The zero-order valence-electron chi connectivity index (χ0n) is 18.5. The van der Waals surface area contributed by atoms with Crippen LogP contribution in [0.3, 0.4) is 0 Å². The third-order valence-electron chi connectivity index (χ3n) is 11.5. The summed E-state index contributed by atoms with van der Waals surface area (Å²) in [5, 5.41) is 0. The molecule has 0 heterocycles. The van der Waals surface area contributed by atoms with Crippen molar-refractivity contribution in [2.75, 3.05) is 0 Å². The van der Waals surface area contributed by atoms with E-state index in [9.17, 15) is 0 Å². The van der Waals surface area contributed by atoms with Crippen molar-refractivity contribution in [2.24, 2.45) is 59.2 Å². The molecule has 0 nitrogen and oxygen atoms in total. The normalized spacial score (nSPS) is 52.1. The van der Waals surface area contributed by atoms with Crippen molar-refractivity contribution in [3.63, 3.8) is 0 Å². The predicted octanol–water partition coefficient (Wildman–Crippen LogP) is 8.25. The van der Waals surface area contributed by atoms with Gasteiger partial charge in [-0.3, -0.25) is 0 Å². The van der Waals surface area contributed by atoms with Crippen LogP contribution >= 0.6 is 0 Å². The standard InChI is InChI=1S/C28H46/c1-2-9-20(8-1)27-23-12-3-5-14-25(23)28(26-15-6-4-13-24(26)27)22-17-16-19-10-7-11-21(19)18-22/h19-28H,1-18H2. The predicted molar refractivity (Wildman–Crippen MR) is 118 cm³/mol. The maximum Gasteiger partial charge on any atom is -0.0323 e. The lowest BCUT2D eigenvalue weighted by molar-refractivity contribution is -0.111. The number of hydrogen-bond donors (Lipinski definition) is 0. The molecule has 7 unspecified atom stereocenters. The van der Waals surface area contributed by atoms with Gasteiger partial charge in [0.1, 0.15) is 0 Å². The number of hydrogen-bond acceptors (Lipinski definition) is 0. The lowest BCUT2D eigenvalue weighted by atomic mass is 9.45. The van der Waals surface area contributed by atoms with E-state index < -0.39 is 0 Å². The minimum Gasteiger partial charge on any atom is -0.0530 e. The molecule has 0 spiro atoms. The second-order valence-electron chi connectivity index (χ2n) is 12.4. The van der Waals surface area contributed by atoms with Crippen LogP contribution < -0.4 is 0 Å². The Bertz CT molecular complexity index is 506. The quantitative estimate of drug-likeness (QED) is 0.451. The maximum atomic E-state index is 1.66. The van der Waals surface area contributed by atoms with Gasteiger partial charge >= 0.3 is 0 Å². The summed E-state index contributed by atoms with van der Waals surface area (Å²) in [5.41, 5.74) is 0. The van der Waals surface area contributed by atoms with E-state index in [1.807, 2.05) is 0 Å². The van der Waals surface area contributed by atoms with Gasteiger partial charge in [0.15, 0.2) is 0 Å². The van der Waals surface area contributed by atoms with E-state index in [1.165, 1.54) is 0 Å². The van der Waals surface area contributed by atoms with Crippen molar-refractivity contribution < 1.29 is 0 Å². The Morgan fingerprint density at radius 3 is 1.32 bits per heavy atom. The minimum absolute atomic E-state index is 1.14. The Labute approximate surface area is 175 Å². The van der Waals surface area contributed by atoms with E-state index in [4.69, 9.17) is 0 Å². The van der Waals surface area contributed by atoms with Crippen LogP contribution in [0, 0.1) is 59.2 Å². The van der Waals surface area contributed by atoms with Gasteiger partial charge in [-0.25, -0.2) is 0 Å². The second kappa shape index (κ2) is 7.92. The zero-order chi connectivity index (χ0) is 18.5. The summed E-state index contributed by atoms with van der Waals surface area (Å²) < 4.78 is 0. The van der Waals surface area contributed by atoms with Crippen LogP contribution in [0.15, 0.2) is 0 Å². The Kier molecular flexibility index (Phi) is 5.30. The largest absolute Gasteiger partial charge is 0.0530 e. The first-order valence-electron chi connectivity index (χ1n) is 13.9. The van der Waals surface area contributed by atoms with E-state index in [-0.39, 0.29) is 0 Å². The molecular weight excluding hydrogens is 336 g/mol. The second-order valence-corrected chi connectivity index (χ2v) is 12.4. The molecule has 7 atom stereocenters. The summed E-state index contributed by atoms with van der Waals surface area (Å²) in [6, 6.07) is 0. The van der Waals surface area contributed by atoms with Gasteiger partial charge < -0.3 is 0 Å². The Morgan fingerprint density at radius 1 is 0.286 bits per heavy atom. The Morgan fingerprint density at radius 2 is 0.714 bits per heavy atom. The topological polar surface area (TPSA) is 0 Å². The first kappa shape index (κ1) is 18.7. The molecule has 6 aliphatic rings. The fraction of sp³-hybridized carbons (Fsp3) is 1.00. The van der Waals surface area contributed by atoms with Crippen molar-refractivity contribution in [2.45, 2.75) is 116 Å². The summed E-state index contributed by atoms with van der Waals surface area (Å²) in [5.74, 6) is 11.5. The summed E-state index contributed by atoms with van der Waals surface area (Å²) in [7, 11) is 0. The summed E-state index contributed by atoms with van der Waals surface area (Å²) in [4.78, 5) is 0. The number of rotatable bonds is 2. The highest BCUT2D eigenvalue weighted by molar-refractivity contribution is 5.04. The average molecular weight is 383 g/mol. The van der Waals surface area contributed by atoms with Crippen LogP contribution in [0.1, 0.15) is 116 Å². The van der Waals surface area contributed by atoms with Crippen LogP contribution in [-0.2, 0) is 0 Å². The van der Waals surface area contributed by atoms with Crippen LogP contribution in [0.5, 0.6) is 0 Å². The SMILES string of the molecule is C1CC2CCC(C3C4CCCCC4C(C4CCCC4)C4CCCCC43)CC2C1. The molecule has 0 amide bonds. The van der Waals surface area contributed by atoms with Crippen LogP contribution in [-0.4, -0.2) is 0 Å². The Balaban J connectivity index is 1.31. The summed E-state index contributed by atoms with van der Waals surface area (Å²) in [6.07, 6.45) is 28.8. The molecule has 0 aliphatic heterocycles. The van der Waals surface area contributed by atoms with Crippen LogP contribution in [0.25, 0.3) is 0 Å². The number of fused-ring (bicyclic) bond motifs is 3. The van der Waals surface area contributed by atoms with E-state index >= 15 is 0 Å². The van der Waals surface area contributed by atoms with Gasteiger partial charge in [-0.05, 0) is 104 Å². The van der Waals surface area contributed by atoms with Gasteiger partial charge in [-0.15, -0.1) is 0 Å². The molecule has 0 radical (unpaired) electrons. The molecule has 0 aromatic rings. The van der Waals surface area contributed by atoms with E-state index in [2.05, 4.69) is 0 Å². The van der Waals surface area contributed by atoms with Crippen molar-refractivity contribution in [1.82, 2.24) is 0 Å². The first-order chi connectivity index (χ1) is 13.9. The highest BCUT2D eigenvalue weighted by Gasteiger charge is 2.55. The van der Waals surface area contributed by atoms with Crippen LogP contribution in [0.4, 0.5) is 0 Å². The molecule has 0 N–H and O–H groups in total. The molecule has 6 fully saturated rings. The van der Waals surface area contributed by atoms with Crippen molar-refractivity contribution >= 4 is 0 Å². The van der Waals surface area contributed by atoms with Gasteiger partial charge in [-0.2, -0.15) is 0 Å². The molecule has 0 saturated heterocycles. The van der Waals surface area contributed by atoms with Gasteiger partial charge in [0.2, 0.25) is 0 Å². The lowest BCUT2D eigenvalue weighted by Gasteiger charge is -2.60. The third kappa shape index (κ3) is 3.13. The third-order valence-corrected chi connectivity index (χ3v) is 11.5. The molecule has 0 aromatic carbocycles. The monoisotopic (exact) mass is 382 g/mol. The maximum absolute atomic E-state index is 1.66. The van der Waals surface area contributed by atoms with Gasteiger partial charge in [0, 0.05) is 0 Å². The highest BCUT2D eigenvalue weighted by Crippen LogP contribution is 2.63. The van der Waals surface area contributed by atoms with Crippen molar-refractivity contribution in [3.05, 3.63) is 0 Å². The fourth-order valence-corrected chi connectivity index (χ4v) is 10.8. The molecule has 0 bridgehead atoms. The molecule has 28 heavy (non-hydrogen) atoms. The average Bonchev–Trinajstić information content (AvgIpc) is 3.43. The molecular formula is C28H46. The van der Waals surface area contributed by atoms with E-state index in [0.717, 1.165) is 59.2 Å². The van der Waals surface area contributed by atoms with Gasteiger partial charge in [0.25, 0.3) is 0 Å². The molecule has 6 aliphatic carbocycles. The Hall–Kier alpha value is 0. The van der Waals surface area contributed by atoms with E-state index in [1.54, 1.807) is 116 Å². The zero-order valence-corrected chi connectivity index (χ0v) is 18.5. The van der Waals surface area contributed by atoms with Crippen molar-refractivity contribution in [1.29, 1.82) is 0 Å². The summed E-state index contributed by atoms with van der Waals surface area (Å²) in [6.45, 7) is 0. The summed E-state index contributed by atoms with van der Waals surface area (Å²) >= 11 is 0. The fourth-order valence-electron chi connectivity index (χ4n) is 10.8. The van der Waals surface area contributed by atoms with Crippen molar-refractivity contribution in [3.8, 4) is 0 Å². The van der Waals surface area contributed by atoms with Gasteiger partial charge in [-0.1, -0.05) is 70.6 Å². The molecule has 158 valence electrons. The first-order valence-corrected chi connectivity index (χ1v) is 13.9. The molecule has 6 saturated carbocycles. The van der Waals surface area contributed by atoms with E-state index in [0.29, 0.717) is 0 Å². The van der Waals surface area contributed by atoms with Gasteiger partial charge in [0.05, 0.1) is 0 Å². The smallest absolute Gasteiger partial charge is 0.0323 e.